The van der Waals surface area contributed by atoms with Crippen LogP contribution in [0.2, 0.25) is 0 Å². The minimum atomic E-state index is 0.220. The summed E-state index contributed by atoms with van der Waals surface area (Å²) in [7, 11) is 4.02. The third-order valence-electron chi connectivity index (χ3n) is 1.49. The zero-order chi connectivity index (χ0) is 8.69. The minimum Gasteiger partial charge on any atom is -0.395 e. The van der Waals surface area contributed by atoms with Gasteiger partial charge in [-0.05, 0) is 27.1 Å². The molecule has 0 amide bonds. The first-order chi connectivity index (χ1) is 5.20. The molecule has 0 aliphatic carbocycles. The number of nitrogens with one attached hydrogen (secondary N) is 1. The van der Waals surface area contributed by atoms with Gasteiger partial charge in [-0.3, -0.25) is 0 Å². The summed E-state index contributed by atoms with van der Waals surface area (Å²) in [5, 5.41) is 12.2. The van der Waals surface area contributed by atoms with E-state index in [4.69, 9.17) is 5.11 Å². The van der Waals surface area contributed by atoms with Crippen molar-refractivity contribution in [1.29, 1.82) is 0 Å². The molecular formula is C8H20N2O. The molecule has 0 spiro atoms. The Morgan fingerprint density at radius 3 is 2.45 bits per heavy atom. The van der Waals surface area contributed by atoms with Gasteiger partial charge in [0, 0.05) is 12.6 Å². The molecule has 1 unspecified atom stereocenters. The van der Waals surface area contributed by atoms with Crippen molar-refractivity contribution in [3.63, 3.8) is 0 Å². The van der Waals surface area contributed by atoms with Crippen LogP contribution < -0.4 is 5.32 Å². The van der Waals surface area contributed by atoms with Crippen LogP contribution >= 0.6 is 0 Å². The highest BCUT2D eigenvalue weighted by Crippen LogP contribution is 1.85. The molecule has 0 rings (SSSR count). The minimum absolute atomic E-state index is 0.220. The monoisotopic (exact) mass is 160 g/mol. The van der Waals surface area contributed by atoms with Gasteiger partial charge < -0.3 is 15.3 Å². The molecule has 0 aromatic heterocycles. The summed E-state index contributed by atoms with van der Waals surface area (Å²) in [4.78, 5) is 2.07. The Morgan fingerprint density at radius 1 is 1.45 bits per heavy atom. The molecule has 0 aromatic carbocycles. The Labute approximate surface area is 69.4 Å². The van der Waals surface area contributed by atoms with Crippen molar-refractivity contribution < 1.29 is 5.11 Å². The van der Waals surface area contributed by atoms with Gasteiger partial charge in [-0.2, -0.15) is 0 Å². The van der Waals surface area contributed by atoms with Gasteiger partial charge in [-0.1, -0.05) is 6.92 Å². The molecule has 0 aliphatic heterocycles. The van der Waals surface area contributed by atoms with E-state index in [0.717, 1.165) is 19.5 Å². The van der Waals surface area contributed by atoms with E-state index in [2.05, 4.69) is 17.1 Å². The average molecular weight is 160 g/mol. The van der Waals surface area contributed by atoms with Crippen LogP contribution in [0.3, 0.4) is 0 Å². The first-order valence-electron chi connectivity index (χ1n) is 4.19. The van der Waals surface area contributed by atoms with Gasteiger partial charge in [0.05, 0.1) is 6.61 Å². The third kappa shape index (κ3) is 6.28. The molecule has 11 heavy (non-hydrogen) atoms. The zero-order valence-corrected chi connectivity index (χ0v) is 7.80. The van der Waals surface area contributed by atoms with E-state index < -0.39 is 0 Å². The highest BCUT2D eigenvalue weighted by molar-refractivity contribution is 4.67. The number of aliphatic hydroxyl groups excluding tert-OH is 1. The van der Waals surface area contributed by atoms with Crippen molar-refractivity contribution in [3.05, 3.63) is 0 Å². The molecule has 2 N–H and O–H groups in total. The Balaban J connectivity index is 3.41. The van der Waals surface area contributed by atoms with Gasteiger partial charge in [-0.15, -0.1) is 0 Å². The first kappa shape index (κ1) is 10.9. The van der Waals surface area contributed by atoms with Crippen LogP contribution in [0.1, 0.15) is 13.3 Å². The smallest absolute Gasteiger partial charge is 0.0597 e. The summed E-state index contributed by atoms with van der Waals surface area (Å²) in [5.74, 6) is 0. The van der Waals surface area contributed by atoms with Crippen molar-refractivity contribution in [1.82, 2.24) is 10.2 Å². The number of rotatable bonds is 6. The molecule has 0 saturated heterocycles. The van der Waals surface area contributed by atoms with Crippen LogP contribution in [-0.4, -0.2) is 49.8 Å². The van der Waals surface area contributed by atoms with E-state index >= 15 is 0 Å². The van der Waals surface area contributed by atoms with E-state index in [-0.39, 0.29) is 12.6 Å². The van der Waals surface area contributed by atoms with Gasteiger partial charge >= 0.3 is 0 Å². The number of hydrogen-bond acceptors (Lipinski definition) is 3. The van der Waals surface area contributed by atoms with Crippen LogP contribution in [0.15, 0.2) is 0 Å². The predicted molar refractivity (Wildman–Crippen MR) is 47.7 cm³/mol. The molecule has 3 nitrogen and oxygen atoms in total. The largest absolute Gasteiger partial charge is 0.395 e. The number of likely N-dealkylation sites (N-methyl/N-ethyl adjacent to an activating group) is 1. The van der Waals surface area contributed by atoms with Crippen molar-refractivity contribution in [2.24, 2.45) is 0 Å². The lowest BCUT2D eigenvalue weighted by molar-refractivity contribution is 0.211. The molecule has 0 aromatic rings. The fourth-order valence-electron chi connectivity index (χ4n) is 0.976. The Bertz CT molecular complexity index is 86.2. The second-order valence-corrected chi connectivity index (χ2v) is 3.10. The first-order valence-corrected chi connectivity index (χ1v) is 4.19. The maximum Gasteiger partial charge on any atom is 0.0597 e. The van der Waals surface area contributed by atoms with Gasteiger partial charge in [0.15, 0.2) is 0 Å². The fraction of sp³-hybridized carbons (Fsp3) is 1.00. The fourth-order valence-corrected chi connectivity index (χ4v) is 0.976. The van der Waals surface area contributed by atoms with E-state index in [1.165, 1.54) is 0 Å². The quantitative estimate of drug-likeness (QED) is 0.570. The second-order valence-electron chi connectivity index (χ2n) is 3.10. The third-order valence-corrected chi connectivity index (χ3v) is 1.49. The molecule has 0 fully saturated rings. The molecule has 0 radical (unpaired) electrons. The van der Waals surface area contributed by atoms with Crippen LogP contribution in [0.4, 0.5) is 0 Å². The summed E-state index contributed by atoms with van der Waals surface area (Å²) in [5.41, 5.74) is 0. The predicted octanol–water partition coefficient (Wildman–Crippen LogP) is -0.0915. The highest BCUT2D eigenvalue weighted by atomic mass is 16.3. The molecule has 3 heteroatoms. The maximum atomic E-state index is 8.91. The van der Waals surface area contributed by atoms with Crippen LogP contribution in [0, 0.1) is 0 Å². The highest BCUT2D eigenvalue weighted by Gasteiger charge is 2.05. The number of aliphatic hydroxyl groups is 1. The standard InChI is InChI=1S/C8H20N2O/c1-4-5-9-8(7-11)6-10(2)3/h8-9,11H,4-7H2,1-3H3. The van der Waals surface area contributed by atoms with Gasteiger partial charge in [0.25, 0.3) is 0 Å². The lowest BCUT2D eigenvalue weighted by atomic mass is 10.3. The Kier molecular flexibility index (Phi) is 6.51. The van der Waals surface area contributed by atoms with Gasteiger partial charge in [0.2, 0.25) is 0 Å². The maximum absolute atomic E-state index is 8.91. The normalized spacial score (nSPS) is 13.9. The lowest BCUT2D eigenvalue weighted by Crippen LogP contribution is -2.41. The summed E-state index contributed by atoms with van der Waals surface area (Å²) < 4.78 is 0. The molecule has 0 bridgehead atoms. The number of nitrogens with zero attached hydrogens (tertiary/aromatic N) is 1. The van der Waals surface area contributed by atoms with Gasteiger partial charge in [-0.25, -0.2) is 0 Å². The van der Waals surface area contributed by atoms with Crippen LogP contribution in [-0.2, 0) is 0 Å². The lowest BCUT2D eigenvalue weighted by Gasteiger charge is -2.19. The zero-order valence-electron chi connectivity index (χ0n) is 7.80. The van der Waals surface area contributed by atoms with Crippen molar-refractivity contribution in [2.45, 2.75) is 19.4 Å². The number of hydrogen-bond donors (Lipinski definition) is 2. The van der Waals surface area contributed by atoms with Crippen LogP contribution in [0.5, 0.6) is 0 Å². The van der Waals surface area contributed by atoms with Crippen molar-refractivity contribution in [3.8, 4) is 0 Å². The summed E-state index contributed by atoms with van der Waals surface area (Å²) in [6.45, 7) is 4.23. The molecule has 68 valence electrons. The Morgan fingerprint density at radius 2 is 2.09 bits per heavy atom. The van der Waals surface area contributed by atoms with Crippen LogP contribution in [0.25, 0.3) is 0 Å². The SMILES string of the molecule is CCCNC(CO)CN(C)C. The Hall–Kier alpha value is -0.120. The summed E-state index contributed by atoms with van der Waals surface area (Å²) >= 11 is 0. The molecule has 0 saturated carbocycles. The van der Waals surface area contributed by atoms with E-state index in [1.807, 2.05) is 14.1 Å². The molecule has 1 atom stereocenters. The summed E-state index contributed by atoms with van der Waals surface area (Å²) in [6, 6.07) is 0.227. The van der Waals surface area contributed by atoms with E-state index in [1.54, 1.807) is 0 Å². The van der Waals surface area contributed by atoms with Crippen molar-refractivity contribution >= 4 is 0 Å². The topological polar surface area (TPSA) is 35.5 Å². The van der Waals surface area contributed by atoms with Crippen molar-refractivity contribution in [2.75, 3.05) is 33.8 Å². The van der Waals surface area contributed by atoms with Gasteiger partial charge in [0.1, 0.15) is 0 Å². The molecule has 0 heterocycles. The van der Waals surface area contributed by atoms with E-state index in [9.17, 15) is 0 Å². The molecular weight excluding hydrogens is 140 g/mol. The summed E-state index contributed by atoms with van der Waals surface area (Å²) in [6.07, 6.45) is 1.12. The van der Waals surface area contributed by atoms with E-state index in [0.29, 0.717) is 0 Å². The average Bonchev–Trinajstić information content (AvgIpc) is 1.97. The molecule has 0 aliphatic rings. The second kappa shape index (κ2) is 6.58.